The van der Waals surface area contributed by atoms with Gasteiger partial charge < -0.3 is 82.9 Å². The van der Waals surface area contributed by atoms with Crippen LogP contribution in [0.1, 0.15) is 97.6 Å². The van der Waals surface area contributed by atoms with Crippen molar-refractivity contribution in [2.75, 3.05) is 37.8 Å². The number of nitrogens with one attached hydrogen (secondary N) is 2. The number of unbranched alkanes of at least 4 members (excludes halogenated alkanes) is 8. The molecule has 372 valence electrons. The van der Waals surface area contributed by atoms with Crippen LogP contribution >= 0.6 is 35.2 Å². The number of aromatic nitrogens is 4. The van der Waals surface area contributed by atoms with Crippen LogP contribution in [0.5, 0.6) is 0 Å². The van der Waals surface area contributed by atoms with Crippen LogP contribution in [0.3, 0.4) is 0 Å². The van der Waals surface area contributed by atoms with Crippen LogP contribution in [-0.4, -0.2) is 108 Å². The highest BCUT2D eigenvalue weighted by Crippen LogP contribution is 2.56. The summed E-state index contributed by atoms with van der Waals surface area (Å²) in [4.78, 5) is 94.5. The van der Waals surface area contributed by atoms with Crippen molar-refractivity contribution in [1.29, 1.82) is 0 Å². The Morgan fingerprint density at radius 1 is 0.938 bits per heavy atom. The molecule has 0 spiro atoms. The zero-order valence-electron chi connectivity index (χ0n) is 37.0. The summed E-state index contributed by atoms with van der Waals surface area (Å²) in [6.45, 7) is 2.41. The Balaban J connectivity index is 0.0000132. The van der Waals surface area contributed by atoms with E-state index >= 15 is 0 Å². The van der Waals surface area contributed by atoms with Gasteiger partial charge in [-0.05, 0) is 6.42 Å². The van der Waals surface area contributed by atoms with Crippen LogP contribution < -0.4 is 49.5 Å². The maximum atomic E-state index is 12.6. The summed E-state index contributed by atoms with van der Waals surface area (Å²) in [6.07, 6.45) is 3.50. The van der Waals surface area contributed by atoms with Crippen LogP contribution in [0.4, 0.5) is 5.82 Å². The molecule has 8 atom stereocenters. The molecule has 0 bridgehead atoms. The molecule has 64 heavy (non-hydrogen) atoms. The lowest BCUT2D eigenvalue weighted by atomic mass is 9.87. The number of carbonyl (C=O) groups excluding carboxylic acids is 3. The summed E-state index contributed by atoms with van der Waals surface area (Å²) in [5.74, 6) is -1.11. The summed E-state index contributed by atoms with van der Waals surface area (Å²) in [5, 5.41) is 26.4. The van der Waals surface area contributed by atoms with E-state index in [4.69, 9.17) is 10.5 Å². The molecule has 1 aliphatic heterocycles. The van der Waals surface area contributed by atoms with Crippen LogP contribution in [0, 0.1) is 5.41 Å². The average Bonchev–Trinajstić information content (AvgIpc) is 3.73. The second-order valence-corrected chi connectivity index (χ2v) is 20.1. The number of quaternary nitrogens is 3. The highest BCUT2D eigenvalue weighted by atomic mass is 32.2. The molecule has 1 aliphatic rings. The molecule has 0 radical (unpaired) electrons. The second kappa shape index (κ2) is 28.6. The number of anilines is 1. The fraction of sp³-hybridized carbons (Fsp3) is 0.758. The number of hydrogen-bond acceptors (Lipinski definition) is 21. The van der Waals surface area contributed by atoms with Crippen molar-refractivity contribution in [2.45, 2.75) is 122 Å². The Labute approximate surface area is 375 Å². The SMILES string of the molecule is CCCCCCCCCCCC(=O)SCCNC(=O)CCNC(=O)C(O)C(C)(C)COP(=O)([O-])OP(=O)([O-])OCC1OC(n2cnc3c(N)ncnc32)C(O)C1OP(=O)([O-])O.[NH4+].[NH4+].[NH4+]. The van der Waals surface area contributed by atoms with E-state index in [1.807, 2.05) is 0 Å². The maximum absolute atomic E-state index is 12.6. The van der Waals surface area contributed by atoms with Crippen molar-refractivity contribution in [3.63, 3.8) is 0 Å². The Bertz CT molecular complexity index is 1900. The van der Waals surface area contributed by atoms with Gasteiger partial charge in [0.05, 0.1) is 19.5 Å². The van der Waals surface area contributed by atoms with Gasteiger partial charge in [0.1, 0.15) is 36.3 Å². The molecular weight excluding hydrogens is 933 g/mol. The number of ether oxygens (including phenoxy) is 1. The van der Waals surface area contributed by atoms with E-state index in [0.29, 0.717) is 12.2 Å². The number of nitrogens with two attached hydrogens (primary N) is 1. The average molecular weight is 1000 g/mol. The van der Waals surface area contributed by atoms with Gasteiger partial charge in [-0.2, -0.15) is 0 Å². The monoisotopic (exact) mass is 1000 g/mol. The van der Waals surface area contributed by atoms with Gasteiger partial charge in [-0.15, -0.1) is 0 Å². The molecule has 0 saturated carbocycles. The van der Waals surface area contributed by atoms with Crippen LogP contribution in [0.25, 0.3) is 11.2 Å². The van der Waals surface area contributed by atoms with Gasteiger partial charge in [0, 0.05) is 37.1 Å². The van der Waals surface area contributed by atoms with E-state index < -0.39 is 84.6 Å². The lowest BCUT2D eigenvalue weighted by Crippen LogP contribution is -2.46. The van der Waals surface area contributed by atoms with Crippen LogP contribution in [-0.2, 0) is 50.7 Å². The number of nitrogen functional groups attached to an aromatic ring is 1. The van der Waals surface area contributed by atoms with Crippen LogP contribution in [0.2, 0.25) is 0 Å². The third-order valence-electron chi connectivity index (χ3n) is 9.23. The Hall–Kier alpha value is -2.56. The molecule has 1 saturated heterocycles. The van der Waals surface area contributed by atoms with E-state index in [-0.39, 0.29) is 60.1 Å². The zero-order valence-corrected chi connectivity index (χ0v) is 40.5. The number of rotatable bonds is 29. The lowest BCUT2D eigenvalue weighted by Gasteiger charge is -2.35. The highest BCUT2D eigenvalue weighted by molar-refractivity contribution is 8.13. The van der Waals surface area contributed by atoms with Crippen molar-refractivity contribution >= 4 is 69.1 Å². The molecule has 3 rings (SSSR count). The van der Waals surface area contributed by atoms with Gasteiger partial charge in [-0.1, -0.05) is 83.9 Å². The third kappa shape index (κ3) is 20.9. The first-order chi connectivity index (χ1) is 28.6. The molecule has 27 nitrogen and oxygen atoms in total. The number of phosphoric acid groups is 3. The Morgan fingerprint density at radius 3 is 2.17 bits per heavy atom. The van der Waals surface area contributed by atoms with Crippen molar-refractivity contribution < 1.29 is 80.5 Å². The topological polar surface area (TPSA) is 482 Å². The minimum absolute atomic E-state index is 0. The van der Waals surface area contributed by atoms with Crippen molar-refractivity contribution in [1.82, 2.24) is 48.6 Å². The number of phosphoric ester groups is 3. The number of imidazole rings is 1. The van der Waals surface area contributed by atoms with E-state index in [2.05, 4.69) is 50.4 Å². The number of carbonyl (C=O) groups is 3. The smallest absolute Gasteiger partial charge is 0.274 e. The van der Waals surface area contributed by atoms with E-state index in [9.17, 15) is 57.9 Å². The standard InChI is InChI=1S/C33H58N7O17P3S.3H3N/c1-4-5-6-7-8-9-10-11-12-13-24(42)61-17-16-35-23(41)14-15-36-31(45)28(44)33(2,3)19-54-60(51,52)57-59(49,50)53-18-22-27(56-58(46,47)48)26(43)32(55-22)40-21-39-25-29(34)37-20-38-30(25)40;;;/h20-22,26-28,32,43-44H,4-19H2,1-3H3,(H,35,41)(H,36,45)(H,49,50)(H,51,52)(H2,34,37,38)(H2,46,47,48);3*1H3. The molecule has 3 heterocycles. The number of hydrogen-bond donors (Lipinski definition) is 9. The van der Waals surface area contributed by atoms with E-state index in [0.717, 1.165) is 48.2 Å². The van der Waals surface area contributed by atoms with E-state index in [1.54, 1.807) is 0 Å². The van der Waals surface area contributed by atoms with E-state index in [1.165, 1.54) is 52.4 Å². The van der Waals surface area contributed by atoms with Gasteiger partial charge >= 0.3 is 0 Å². The number of aliphatic hydroxyl groups is 2. The molecular formula is C33H67N10O17P3S. The van der Waals surface area contributed by atoms with Gasteiger partial charge in [0.2, 0.25) is 11.8 Å². The highest BCUT2D eigenvalue weighted by Gasteiger charge is 2.48. The minimum atomic E-state index is -5.90. The first-order valence-corrected chi connectivity index (χ1v) is 25.0. The van der Waals surface area contributed by atoms with Gasteiger partial charge in [-0.25, -0.2) is 19.3 Å². The van der Waals surface area contributed by atoms with Gasteiger partial charge in [0.25, 0.3) is 23.5 Å². The molecule has 8 unspecified atom stereocenters. The molecule has 0 aliphatic carbocycles. The molecule has 1 fully saturated rings. The van der Waals surface area contributed by atoms with Crippen molar-refractivity contribution in [2.24, 2.45) is 5.41 Å². The number of nitrogens with zero attached hydrogens (tertiary/aromatic N) is 4. The van der Waals surface area contributed by atoms with Gasteiger partial charge in [-0.3, -0.25) is 32.6 Å². The summed E-state index contributed by atoms with van der Waals surface area (Å²) in [6, 6.07) is 0. The lowest BCUT2D eigenvalue weighted by molar-refractivity contribution is -0.247. The molecule has 31 heteroatoms. The maximum Gasteiger partial charge on any atom is 0.274 e. The summed E-state index contributed by atoms with van der Waals surface area (Å²) in [5.41, 5.74) is 4.13. The van der Waals surface area contributed by atoms with Crippen molar-refractivity contribution in [3.05, 3.63) is 12.7 Å². The van der Waals surface area contributed by atoms with Crippen LogP contribution in [0.15, 0.2) is 12.7 Å². The van der Waals surface area contributed by atoms with Gasteiger partial charge in [0.15, 0.2) is 22.8 Å². The zero-order chi connectivity index (χ0) is 45.4. The number of aliphatic hydroxyl groups excluding tert-OH is 2. The largest absolute Gasteiger partial charge is 0.756 e. The predicted octanol–water partition coefficient (Wildman–Crippen LogP) is 1.82. The quantitative estimate of drug-likeness (QED) is 0.0414. The normalized spacial score (nSPS) is 20.6. The molecule has 19 N–H and O–H groups in total. The molecule has 2 aromatic rings. The molecule has 2 amide bonds. The first kappa shape index (κ1) is 61.4. The predicted molar refractivity (Wildman–Crippen MR) is 230 cm³/mol. The second-order valence-electron chi connectivity index (χ2n) is 14.8. The summed E-state index contributed by atoms with van der Waals surface area (Å²) < 4.78 is 61.0. The number of amides is 2. The summed E-state index contributed by atoms with van der Waals surface area (Å²) in [7, 11) is -17.3. The third-order valence-corrected chi connectivity index (χ3v) is 13.2. The minimum Gasteiger partial charge on any atom is -0.756 e. The number of fused-ring (bicyclic) bond motifs is 1. The molecule has 2 aromatic heterocycles. The Kier molecular flexibility index (Phi) is 27.4. The number of thioether (sulfide) groups is 1. The Morgan fingerprint density at radius 2 is 1.55 bits per heavy atom. The summed E-state index contributed by atoms with van der Waals surface area (Å²) >= 11 is 1.14. The first-order valence-electron chi connectivity index (χ1n) is 19.5. The van der Waals surface area contributed by atoms with Crippen molar-refractivity contribution in [3.8, 4) is 0 Å². The fourth-order valence-electron chi connectivity index (χ4n) is 5.93. The fourth-order valence-corrected chi connectivity index (χ4v) is 9.39. The molecule has 0 aromatic carbocycles.